The maximum atomic E-state index is 12.0. The van der Waals surface area contributed by atoms with E-state index >= 15 is 0 Å². The number of nitrogens with one attached hydrogen (secondary N) is 1. The van der Waals surface area contributed by atoms with Crippen LogP contribution in [0, 0.1) is 0 Å². The Kier molecular flexibility index (Phi) is 3.12. The van der Waals surface area contributed by atoms with Crippen molar-refractivity contribution in [2.45, 2.75) is 12.5 Å². The van der Waals surface area contributed by atoms with Crippen LogP contribution in [0.1, 0.15) is 16.8 Å². The van der Waals surface area contributed by atoms with Crippen LogP contribution >= 0.6 is 0 Å². The summed E-state index contributed by atoms with van der Waals surface area (Å²) in [5.41, 5.74) is 1.03. The zero-order chi connectivity index (χ0) is 14.2. The fraction of sp³-hybridized carbons (Fsp3) is 0.250. The van der Waals surface area contributed by atoms with E-state index in [-0.39, 0.29) is 12.0 Å². The molecule has 2 rings (SSSR count). The third kappa shape index (κ3) is 2.35. The molecule has 0 radical (unpaired) electrons. The number of carbonyl (C=O) groups excluding carboxylic acids is 1. The number of aromatic carboxylic acids is 1. The lowest BCUT2D eigenvalue weighted by molar-refractivity contribution is -0.138. The van der Waals surface area contributed by atoms with E-state index in [1.54, 1.807) is 0 Å². The molecule has 0 fully saturated rings. The molecular formula is C12H12N2O5. The van der Waals surface area contributed by atoms with Crippen molar-refractivity contribution in [3.05, 3.63) is 23.8 Å². The second kappa shape index (κ2) is 4.60. The van der Waals surface area contributed by atoms with E-state index in [1.165, 1.54) is 30.1 Å². The van der Waals surface area contributed by atoms with Gasteiger partial charge in [0.1, 0.15) is 6.04 Å². The SMILES string of the molecule is CN1C(=O)C(CC(=O)O)Nc2ccc(C(=O)O)cc21. The van der Waals surface area contributed by atoms with Gasteiger partial charge >= 0.3 is 11.9 Å². The monoisotopic (exact) mass is 264 g/mol. The Morgan fingerprint density at radius 1 is 1.37 bits per heavy atom. The Morgan fingerprint density at radius 2 is 2.05 bits per heavy atom. The van der Waals surface area contributed by atoms with Gasteiger partial charge in [0.25, 0.3) is 0 Å². The number of aliphatic carboxylic acids is 1. The number of amides is 1. The largest absolute Gasteiger partial charge is 0.481 e. The van der Waals surface area contributed by atoms with E-state index in [2.05, 4.69) is 5.32 Å². The van der Waals surface area contributed by atoms with Gasteiger partial charge in [0, 0.05) is 7.05 Å². The van der Waals surface area contributed by atoms with Crippen molar-refractivity contribution in [2.75, 3.05) is 17.3 Å². The number of anilines is 2. The van der Waals surface area contributed by atoms with Gasteiger partial charge in [-0.05, 0) is 18.2 Å². The molecule has 19 heavy (non-hydrogen) atoms. The predicted molar refractivity (Wildman–Crippen MR) is 66.5 cm³/mol. The number of carboxylic acid groups (broad SMARTS) is 2. The van der Waals surface area contributed by atoms with E-state index < -0.39 is 23.9 Å². The van der Waals surface area contributed by atoms with E-state index in [0.717, 1.165) is 0 Å². The molecule has 1 aromatic rings. The molecule has 1 heterocycles. The normalized spacial score (nSPS) is 17.6. The third-order valence-electron chi connectivity index (χ3n) is 2.94. The first-order chi connectivity index (χ1) is 8.90. The summed E-state index contributed by atoms with van der Waals surface area (Å²) in [7, 11) is 1.49. The maximum absolute atomic E-state index is 12.0. The molecule has 7 nitrogen and oxygen atoms in total. The zero-order valence-electron chi connectivity index (χ0n) is 10.1. The molecule has 1 unspecified atom stereocenters. The highest BCUT2D eigenvalue weighted by atomic mass is 16.4. The summed E-state index contributed by atoms with van der Waals surface area (Å²) in [6, 6.07) is 3.46. The summed E-state index contributed by atoms with van der Waals surface area (Å²) in [5.74, 6) is -2.57. The fourth-order valence-electron chi connectivity index (χ4n) is 1.98. The van der Waals surface area contributed by atoms with Gasteiger partial charge in [-0.25, -0.2) is 4.79 Å². The summed E-state index contributed by atoms with van der Waals surface area (Å²) >= 11 is 0. The van der Waals surface area contributed by atoms with Crippen LogP contribution in [0.2, 0.25) is 0 Å². The Morgan fingerprint density at radius 3 is 2.63 bits per heavy atom. The smallest absolute Gasteiger partial charge is 0.335 e. The van der Waals surface area contributed by atoms with Crippen molar-refractivity contribution in [1.82, 2.24) is 0 Å². The van der Waals surface area contributed by atoms with Crippen LogP contribution in [0.4, 0.5) is 11.4 Å². The van der Waals surface area contributed by atoms with Gasteiger partial charge < -0.3 is 20.4 Å². The summed E-state index contributed by atoms with van der Waals surface area (Å²) in [4.78, 5) is 34.8. The van der Waals surface area contributed by atoms with Crippen molar-refractivity contribution in [3.63, 3.8) is 0 Å². The molecule has 0 saturated heterocycles. The highest BCUT2D eigenvalue weighted by Crippen LogP contribution is 2.32. The minimum Gasteiger partial charge on any atom is -0.481 e. The van der Waals surface area contributed by atoms with E-state index in [9.17, 15) is 14.4 Å². The zero-order valence-corrected chi connectivity index (χ0v) is 10.1. The maximum Gasteiger partial charge on any atom is 0.335 e. The highest BCUT2D eigenvalue weighted by Gasteiger charge is 2.32. The number of nitrogens with zero attached hydrogens (tertiary/aromatic N) is 1. The van der Waals surface area contributed by atoms with E-state index in [0.29, 0.717) is 11.4 Å². The molecule has 1 aliphatic rings. The molecule has 0 saturated carbocycles. The summed E-state index contributed by atoms with van der Waals surface area (Å²) in [6.07, 6.45) is -0.330. The van der Waals surface area contributed by atoms with Gasteiger partial charge in [-0.15, -0.1) is 0 Å². The van der Waals surface area contributed by atoms with Crippen LogP contribution < -0.4 is 10.2 Å². The Balaban J connectivity index is 2.38. The molecule has 1 aromatic carbocycles. The second-order valence-electron chi connectivity index (χ2n) is 4.23. The fourth-order valence-corrected chi connectivity index (χ4v) is 1.98. The summed E-state index contributed by atoms with van der Waals surface area (Å²) in [6.45, 7) is 0. The average Bonchev–Trinajstić information content (AvgIpc) is 2.34. The average molecular weight is 264 g/mol. The molecule has 7 heteroatoms. The number of carbonyl (C=O) groups is 3. The van der Waals surface area contributed by atoms with Crippen molar-refractivity contribution < 1.29 is 24.6 Å². The predicted octanol–water partition coefficient (Wildman–Crippen LogP) is 0.616. The first-order valence-electron chi connectivity index (χ1n) is 5.53. The van der Waals surface area contributed by atoms with Crippen molar-refractivity contribution in [2.24, 2.45) is 0 Å². The van der Waals surface area contributed by atoms with E-state index in [1.807, 2.05) is 0 Å². The molecule has 3 N–H and O–H groups in total. The lowest BCUT2D eigenvalue weighted by atomic mass is 10.0. The number of fused-ring (bicyclic) bond motifs is 1. The number of benzene rings is 1. The van der Waals surface area contributed by atoms with Crippen LogP contribution in [-0.4, -0.2) is 41.1 Å². The van der Waals surface area contributed by atoms with Crippen LogP contribution in [0.5, 0.6) is 0 Å². The first-order valence-corrected chi connectivity index (χ1v) is 5.53. The molecule has 1 aliphatic heterocycles. The Hall–Kier alpha value is -2.57. The number of rotatable bonds is 3. The van der Waals surface area contributed by atoms with Gasteiger partial charge in [-0.3, -0.25) is 9.59 Å². The summed E-state index contributed by atoms with van der Waals surface area (Å²) in [5, 5.41) is 20.5. The lowest BCUT2D eigenvalue weighted by Crippen LogP contribution is -2.46. The second-order valence-corrected chi connectivity index (χ2v) is 4.23. The van der Waals surface area contributed by atoms with Crippen LogP contribution in [-0.2, 0) is 9.59 Å². The highest BCUT2D eigenvalue weighted by molar-refractivity contribution is 6.07. The molecule has 0 aliphatic carbocycles. The number of carboxylic acids is 2. The Labute approximate surface area is 108 Å². The Bertz CT molecular complexity index is 569. The minimum atomic E-state index is -1.09. The third-order valence-corrected chi connectivity index (χ3v) is 2.94. The van der Waals surface area contributed by atoms with Crippen LogP contribution in [0.3, 0.4) is 0 Å². The van der Waals surface area contributed by atoms with Crippen molar-refractivity contribution >= 4 is 29.2 Å². The molecule has 100 valence electrons. The van der Waals surface area contributed by atoms with Gasteiger partial charge in [-0.2, -0.15) is 0 Å². The number of hydrogen-bond acceptors (Lipinski definition) is 4. The minimum absolute atomic E-state index is 0.0666. The molecule has 0 bridgehead atoms. The van der Waals surface area contributed by atoms with Crippen molar-refractivity contribution in [1.29, 1.82) is 0 Å². The van der Waals surface area contributed by atoms with E-state index in [4.69, 9.17) is 10.2 Å². The molecule has 0 spiro atoms. The topological polar surface area (TPSA) is 107 Å². The van der Waals surface area contributed by atoms with Gasteiger partial charge in [-0.1, -0.05) is 0 Å². The quantitative estimate of drug-likeness (QED) is 0.738. The molecular weight excluding hydrogens is 252 g/mol. The van der Waals surface area contributed by atoms with Crippen LogP contribution in [0.15, 0.2) is 18.2 Å². The van der Waals surface area contributed by atoms with Gasteiger partial charge in [0.2, 0.25) is 5.91 Å². The number of likely N-dealkylation sites (N-methyl/N-ethyl adjacent to an activating group) is 1. The summed E-state index contributed by atoms with van der Waals surface area (Å²) < 4.78 is 0. The molecule has 1 amide bonds. The molecule has 0 aromatic heterocycles. The van der Waals surface area contributed by atoms with Crippen LogP contribution in [0.25, 0.3) is 0 Å². The first kappa shape index (κ1) is 12.9. The van der Waals surface area contributed by atoms with Gasteiger partial charge in [0.05, 0.1) is 23.4 Å². The van der Waals surface area contributed by atoms with Gasteiger partial charge in [0.15, 0.2) is 0 Å². The van der Waals surface area contributed by atoms with Crippen molar-refractivity contribution in [3.8, 4) is 0 Å². The lowest BCUT2D eigenvalue weighted by Gasteiger charge is -2.32. The standard InChI is InChI=1S/C12H12N2O5/c1-14-9-4-6(12(18)19)2-3-7(9)13-8(11(14)17)5-10(15)16/h2-4,8,13H,5H2,1H3,(H,15,16)(H,18,19). The number of hydrogen-bond donors (Lipinski definition) is 3. The molecule has 1 atom stereocenters.